The van der Waals surface area contributed by atoms with Gasteiger partial charge in [-0.1, -0.05) is 5.21 Å². The smallest absolute Gasteiger partial charge is 0.0999 e. The Balaban J connectivity index is 2.31. The van der Waals surface area contributed by atoms with Gasteiger partial charge in [0.15, 0.2) is 0 Å². The summed E-state index contributed by atoms with van der Waals surface area (Å²) in [7, 11) is 1.95. The van der Waals surface area contributed by atoms with Gasteiger partial charge in [0.25, 0.3) is 0 Å². The summed E-state index contributed by atoms with van der Waals surface area (Å²) in [5, 5.41) is 11.6. The molecule has 2 rings (SSSR count). The average molecular weight is 194 g/mol. The summed E-state index contributed by atoms with van der Waals surface area (Å²) >= 11 is 0. The molecule has 1 aromatic rings. The second-order valence-corrected chi connectivity index (χ2v) is 4.26. The van der Waals surface area contributed by atoms with Gasteiger partial charge in [0.1, 0.15) is 0 Å². The molecule has 0 amide bonds. The van der Waals surface area contributed by atoms with Crippen LogP contribution >= 0.6 is 0 Å². The Bertz CT molecular complexity index is 312. The van der Waals surface area contributed by atoms with Gasteiger partial charge in [0, 0.05) is 18.5 Å². The second-order valence-electron chi connectivity index (χ2n) is 4.26. The SMILES string of the molecule is CNCc1nnn(C(C)C)c1C1CC1. The van der Waals surface area contributed by atoms with Gasteiger partial charge in [-0.05, 0) is 33.7 Å². The minimum Gasteiger partial charge on any atom is -0.314 e. The van der Waals surface area contributed by atoms with Crippen molar-refractivity contribution in [3.8, 4) is 0 Å². The lowest BCUT2D eigenvalue weighted by molar-refractivity contribution is 0.494. The van der Waals surface area contributed by atoms with Gasteiger partial charge in [-0.3, -0.25) is 0 Å². The lowest BCUT2D eigenvalue weighted by atomic mass is 10.2. The van der Waals surface area contributed by atoms with E-state index in [9.17, 15) is 0 Å². The summed E-state index contributed by atoms with van der Waals surface area (Å²) in [5.41, 5.74) is 2.48. The quantitative estimate of drug-likeness (QED) is 0.789. The van der Waals surface area contributed by atoms with Crippen LogP contribution in [0.25, 0.3) is 0 Å². The molecule has 1 aliphatic rings. The van der Waals surface area contributed by atoms with Crippen LogP contribution in [0.3, 0.4) is 0 Å². The molecule has 0 unspecified atom stereocenters. The molecule has 1 N–H and O–H groups in total. The Morgan fingerprint density at radius 1 is 1.50 bits per heavy atom. The van der Waals surface area contributed by atoms with E-state index in [-0.39, 0.29) is 0 Å². The first-order valence-electron chi connectivity index (χ1n) is 5.32. The fourth-order valence-electron chi connectivity index (χ4n) is 1.79. The summed E-state index contributed by atoms with van der Waals surface area (Å²) < 4.78 is 2.07. The van der Waals surface area contributed by atoms with E-state index in [4.69, 9.17) is 0 Å². The fourth-order valence-corrected chi connectivity index (χ4v) is 1.79. The number of nitrogens with one attached hydrogen (secondary N) is 1. The van der Waals surface area contributed by atoms with Crippen LogP contribution in [0.15, 0.2) is 0 Å². The normalized spacial score (nSPS) is 16.6. The topological polar surface area (TPSA) is 42.7 Å². The number of hydrogen-bond acceptors (Lipinski definition) is 3. The van der Waals surface area contributed by atoms with Gasteiger partial charge in [-0.15, -0.1) is 5.10 Å². The van der Waals surface area contributed by atoms with Gasteiger partial charge in [-0.2, -0.15) is 0 Å². The molecule has 0 saturated heterocycles. The third kappa shape index (κ3) is 1.66. The highest BCUT2D eigenvalue weighted by Crippen LogP contribution is 2.41. The Kier molecular flexibility index (Phi) is 2.54. The first kappa shape index (κ1) is 9.65. The number of rotatable bonds is 4. The van der Waals surface area contributed by atoms with Crippen LogP contribution in [0.5, 0.6) is 0 Å². The lowest BCUT2D eigenvalue weighted by Crippen LogP contribution is -2.10. The molecule has 4 nitrogen and oxygen atoms in total. The molecule has 0 aliphatic heterocycles. The second kappa shape index (κ2) is 3.69. The molecule has 1 aromatic heterocycles. The average Bonchev–Trinajstić information content (AvgIpc) is 2.88. The Morgan fingerprint density at radius 3 is 2.71 bits per heavy atom. The maximum absolute atomic E-state index is 4.24. The number of aromatic nitrogens is 3. The molecule has 0 aromatic carbocycles. The first-order chi connectivity index (χ1) is 6.74. The van der Waals surface area contributed by atoms with Gasteiger partial charge in [0.05, 0.1) is 11.4 Å². The van der Waals surface area contributed by atoms with E-state index in [0.29, 0.717) is 6.04 Å². The monoisotopic (exact) mass is 194 g/mol. The minimum absolute atomic E-state index is 0.420. The van der Waals surface area contributed by atoms with Gasteiger partial charge in [0.2, 0.25) is 0 Å². The third-order valence-corrected chi connectivity index (χ3v) is 2.60. The summed E-state index contributed by atoms with van der Waals surface area (Å²) in [6.07, 6.45) is 2.60. The fraction of sp³-hybridized carbons (Fsp3) is 0.800. The molecule has 0 bridgehead atoms. The predicted octanol–water partition coefficient (Wildman–Crippen LogP) is 1.46. The first-order valence-corrected chi connectivity index (χ1v) is 5.32. The van der Waals surface area contributed by atoms with Crippen molar-refractivity contribution in [3.05, 3.63) is 11.4 Å². The van der Waals surface area contributed by atoms with Crippen LogP contribution in [0.2, 0.25) is 0 Å². The Labute approximate surface area is 84.7 Å². The van der Waals surface area contributed by atoms with E-state index in [1.54, 1.807) is 0 Å². The molecule has 0 spiro atoms. The molecule has 1 heterocycles. The molecule has 0 radical (unpaired) electrons. The summed E-state index contributed by atoms with van der Waals surface area (Å²) in [6, 6.07) is 0.420. The number of hydrogen-bond donors (Lipinski definition) is 1. The molecule has 78 valence electrons. The van der Waals surface area contributed by atoms with Crippen molar-refractivity contribution < 1.29 is 0 Å². The van der Waals surface area contributed by atoms with Crippen molar-refractivity contribution in [2.24, 2.45) is 0 Å². The van der Waals surface area contributed by atoms with E-state index >= 15 is 0 Å². The van der Waals surface area contributed by atoms with Crippen LogP contribution in [-0.4, -0.2) is 22.0 Å². The Hall–Kier alpha value is -0.900. The van der Waals surface area contributed by atoms with Gasteiger partial charge < -0.3 is 5.32 Å². The van der Waals surface area contributed by atoms with Crippen molar-refractivity contribution >= 4 is 0 Å². The lowest BCUT2D eigenvalue weighted by Gasteiger charge is -2.09. The zero-order valence-electron chi connectivity index (χ0n) is 9.12. The largest absolute Gasteiger partial charge is 0.314 e. The predicted molar refractivity (Wildman–Crippen MR) is 55.1 cm³/mol. The molecule has 0 atom stereocenters. The van der Waals surface area contributed by atoms with Gasteiger partial charge >= 0.3 is 0 Å². The van der Waals surface area contributed by atoms with Crippen molar-refractivity contribution in [2.45, 2.75) is 45.2 Å². The van der Waals surface area contributed by atoms with Crippen molar-refractivity contribution in [1.29, 1.82) is 0 Å². The molecule has 14 heavy (non-hydrogen) atoms. The maximum Gasteiger partial charge on any atom is 0.0999 e. The van der Waals surface area contributed by atoms with E-state index in [0.717, 1.165) is 18.2 Å². The van der Waals surface area contributed by atoms with Crippen LogP contribution < -0.4 is 5.32 Å². The summed E-state index contributed by atoms with van der Waals surface area (Å²) in [4.78, 5) is 0. The third-order valence-electron chi connectivity index (χ3n) is 2.60. The molecule has 1 saturated carbocycles. The van der Waals surface area contributed by atoms with Crippen molar-refractivity contribution in [2.75, 3.05) is 7.05 Å². The van der Waals surface area contributed by atoms with E-state index in [2.05, 4.69) is 34.2 Å². The van der Waals surface area contributed by atoms with Crippen LogP contribution in [-0.2, 0) is 6.54 Å². The molecule has 1 aliphatic carbocycles. The van der Waals surface area contributed by atoms with Crippen LogP contribution in [0.4, 0.5) is 0 Å². The van der Waals surface area contributed by atoms with E-state index in [1.807, 2.05) is 7.05 Å². The molecule has 4 heteroatoms. The zero-order valence-corrected chi connectivity index (χ0v) is 9.12. The zero-order chi connectivity index (χ0) is 10.1. The van der Waals surface area contributed by atoms with E-state index < -0.39 is 0 Å². The standard InChI is InChI=1S/C10H18N4/c1-7(2)14-10(8-4-5-8)9(6-11-3)12-13-14/h7-8,11H,4-6H2,1-3H3. The van der Waals surface area contributed by atoms with Crippen molar-refractivity contribution in [3.63, 3.8) is 0 Å². The molecular weight excluding hydrogens is 176 g/mol. The number of nitrogens with zero attached hydrogens (tertiary/aromatic N) is 3. The van der Waals surface area contributed by atoms with Crippen LogP contribution in [0, 0.1) is 0 Å². The Morgan fingerprint density at radius 2 is 2.21 bits per heavy atom. The molecular formula is C10H18N4. The molecule has 1 fully saturated rings. The van der Waals surface area contributed by atoms with E-state index in [1.165, 1.54) is 18.5 Å². The highest BCUT2D eigenvalue weighted by molar-refractivity contribution is 5.20. The highest BCUT2D eigenvalue weighted by atomic mass is 15.4. The van der Waals surface area contributed by atoms with Crippen LogP contribution in [0.1, 0.15) is 50.0 Å². The van der Waals surface area contributed by atoms with Crippen molar-refractivity contribution in [1.82, 2.24) is 20.3 Å². The summed E-state index contributed by atoms with van der Waals surface area (Å²) in [5.74, 6) is 0.718. The summed E-state index contributed by atoms with van der Waals surface area (Å²) in [6.45, 7) is 5.14. The minimum atomic E-state index is 0.420. The maximum atomic E-state index is 4.24. The highest BCUT2D eigenvalue weighted by Gasteiger charge is 2.31. The van der Waals surface area contributed by atoms with Gasteiger partial charge in [-0.25, -0.2) is 4.68 Å².